The summed E-state index contributed by atoms with van der Waals surface area (Å²) in [6, 6.07) is 3.90. The zero-order chi connectivity index (χ0) is 28.0. The molecule has 9 nitrogen and oxygen atoms in total. The van der Waals surface area contributed by atoms with Crippen molar-refractivity contribution in [2.24, 2.45) is 28.2 Å². The molecule has 4 aliphatic carbocycles. The van der Waals surface area contributed by atoms with E-state index in [1.54, 1.807) is 0 Å². The smallest absolute Gasteiger partial charge is 0.261 e. The number of rotatable bonds is 3. The predicted octanol–water partition coefficient (Wildman–Crippen LogP) is 4.23. The molecule has 1 heterocycles. The number of hydrogen-bond acceptors (Lipinski definition) is 7. The Hall–Kier alpha value is -1.53. The zero-order valence-corrected chi connectivity index (χ0v) is 24.1. The van der Waals surface area contributed by atoms with E-state index in [0.717, 1.165) is 54.7 Å². The van der Waals surface area contributed by atoms with Gasteiger partial charge in [-0.1, -0.05) is 11.6 Å². The predicted molar refractivity (Wildman–Crippen MR) is 145 cm³/mol. The Labute approximate surface area is 224 Å². The van der Waals surface area contributed by atoms with Crippen molar-refractivity contribution in [2.45, 2.75) is 70.8 Å². The first kappa shape index (κ1) is 30.0. The lowest BCUT2D eigenvalue weighted by Gasteiger charge is -2.56. The number of Topliss-reactive ketones (excluding diaryl/α,β-unsaturated/α-hetero) is 1. The van der Waals surface area contributed by atoms with Crippen LogP contribution in [0.2, 0.25) is 5.02 Å². The van der Waals surface area contributed by atoms with Gasteiger partial charge in [0.1, 0.15) is 5.78 Å². The molecule has 4 saturated carbocycles. The number of ketones is 1. The van der Waals surface area contributed by atoms with E-state index < -0.39 is 20.2 Å². The van der Waals surface area contributed by atoms with Crippen LogP contribution in [-0.4, -0.2) is 55.5 Å². The van der Waals surface area contributed by atoms with E-state index in [9.17, 15) is 21.6 Å². The van der Waals surface area contributed by atoms with Crippen LogP contribution in [0.5, 0.6) is 0 Å². The minimum atomic E-state index is -3.67. The number of aliphatic imine (C=N–C) groups is 1. The van der Waals surface area contributed by atoms with Crippen LogP contribution in [0.3, 0.4) is 0 Å². The Morgan fingerprint density at radius 2 is 1.43 bits per heavy atom. The lowest BCUT2D eigenvalue weighted by molar-refractivity contribution is -0.142. The summed E-state index contributed by atoms with van der Waals surface area (Å²) < 4.78 is 51.7. The van der Waals surface area contributed by atoms with Crippen LogP contribution in [0.15, 0.2) is 17.1 Å². The maximum atomic E-state index is 13.6. The number of fused-ring (bicyclic) bond motifs is 1. The molecular formula is C25H37ClN2O7S2. The van der Waals surface area contributed by atoms with Crippen LogP contribution in [0.4, 0.5) is 5.69 Å². The van der Waals surface area contributed by atoms with Gasteiger partial charge >= 0.3 is 0 Å². The van der Waals surface area contributed by atoms with Gasteiger partial charge in [0.05, 0.1) is 34.5 Å². The normalized spacial score (nSPS) is 29.2. The highest BCUT2D eigenvalue weighted by Gasteiger charge is 2.54. The number of carbonyl (C=O) groups excluding carboxylic acids is 1. The van der Waals surface area contributed by atoms with Crippen molar-refractivity contribution in [3.05, 3.63) is 28.3 Å². The zero-order valence-electron chi connectivity index (χ0n) is 21.7. The number of nitrogens with zero attached hydrogens (tertiary/aromatic N) is 1. The number of anilines is 1. The summed E-state index contributed by atoms with van der Waals surface area (Å²) in [4.78, 5) is 18.6. The van der Waals surface area contributed by atoms with Gasteiger partial charge in [0, 0.05) is 17.4 Å². The molecule has 37 heavy (non-hydrogen) atoms. The summed E-state index contributed by atoms with van der Waals surface area (Å²) in [5.74, 6) is 2.78. The minimum Gasteiger partial charge on any atom is -0.398 e. The monoisotopic (exact) mass is 576 g/mol. The first-order valence-corrected chi connectivity index (χ1v) is 16.4. The first-order chi connectivity index (χ1) is 16.7. The third-order valence-electron chi connectivity index (χ3n) is 7.55. The molecular weight excluding hydrogens is 540 g/mol. The van der Waals surface area contributed by atoms with Gasteiger partial charge in [-0.05, 0) is 94.2 Å². The van der Waals surface area contributed by atoms with E-state index in [0.29, 0.717) is 35.4 Å². The molecule has 0 amide bonds. The van der Waals surface area contributed by atoms with Crippen molar-refractivity contribution < 1.29 is 30.7 Å². The van der Waals surface area contributed by atoms with Crippen LogP contribution in [0.25, 0.3) is 0 Å². The molecule has 6 rings (SSSR count). The summed E-state index contributed by atoms with van der Waals surface area (Å²) in [5, 5.41) is 0.596. The fraction of sp³-hybridized carbons (Fsp3) is 0.680. The number of carbonyl (C=O) groups is 1. The van der Waals surface area contributed by atoms with Crippen LogP contribution in [0, 0.1) is 23.2 Å². The number of benzene rings is 1. The number of nitrogens with two attached hydrogens (primary N) is 1. The highest BCUT2D eigenvalue weighted by Crippen LogP contribution is 2.60. The molecule has 0 spiro atoms. The van der Waals surface area contributed by atoms with E-state index in [-0.39, 0.29) is 11.0 Å². The Morgan fingerprint density at radius 3 is 1.86 bits per heavy atom. The van der Waals surface area contributed by atoms with Gasteiger partial charge < -0.3 is 5.73 Å². The van der Waals surface area contributed by atoms with Crippen molar-refractivity contribution >= 4 is 49.0 Å². The molecule has 4 bridgehead atoms. The summed E-state index contributed by atoms with van der Waals surface area (Å²) in [7, 11) is -7.33. The molecule has 1 aromatic rings. The molecule has 208 valence electrons. The van der Waals surface area contributed by atoms with Gasteiger partial charge in [0.2, 0.25) is 0 Å². The number of nitrogen functional groups attached to an aromatic ring is 1. The molecule has 4 N–H and O–H groups in total. The van der Waals surface area contributed by atoms with Crippen LogP contribution < -0.4 is 5.73 Å². The fourth-order valence-electron chi connectivity index (χ4n) is 6.90. The van der Waals surface area contributed by atoms with Crippen molar-refractivity contribution in [1.29, 1.82) is 0 Å². The summed E-state index contributed by atoms with van der Waals surface area (Å²) in [6.45, 7) is 4.27. The summed E-state index contributed by atoms with van der Waals surface area (Å²) in [5.41, 5.74) is 9.50. The van der Waals surface area contributed by atoms with Gasteiger partial charge in [-0.2, -0.15) is 16.8 Å². The highest BCUT2D eigenvalue weighted by molar-refractivity contribution is 7.85. The fourth-order valence-corrected chi connectivity index (χ4v) is 7.09. The SMILES string of the molecule is CC1(C)Cc2cc(Cl)c(N)cc2C(CC(=O)C23CC4CC(CC(C4)C2)C3)=N1.CS(=O)(=O)O.CS(=O)(=O)O. The van der Waals surface area contributed by atoms with E-state index in [1.807, 2.05) is 12.1 Å². The Bertz CT molecular complexity index is 1220. The average Bonchev–Trinajstić information content (AvgIpc) is 2.65. The second-order valence-electron chi connectivity index (χ2n) is 11.8. The molecule has 1 aromatic carbocycles. The Kier molecular flexibility index (Phi) is 8.57. The van der Waals surface area contributed by atoms with Crippen molar-refractivity contribution in [1.82, 2.24) is 0 Å². The lowest BCUT2D eigenvalue weighted by atomic mass is 9.48. The molecule has 0 saturated heterocycles. The molecule has 0 atom stereocenters. The van der Waals surface area contributed by atoms with Gasteiger partial charge in [-0.15, -0.1) is 0 Å². The number of halogens is 1. The topological polar surface area (TPSA) is 164 Å². The quantitative estimate of drug-likeness (QED) is 0.355. The minimum absolute atomic E-state index is 0.0724. The third-order valence-corrected chi connectivity index (χ3v) is 7.88. The maximum absolute atomic E-state index is 13.6. The summed E-state index contributed by atoms with van der Waals surface area (Å²) >= 11 is 6.27. The maximum Gasteiger partial charge on any atom is 0.261 e. The van der Waals surface area contributed by atoms with Crippen LogP contribution in [-0.2, 0) is 31.5 Å². The van der Waals surface area contributed by atoms with E-state index in [1.165, 1.54) is 24.8 Å². The van der Waals surface area contributed by atoms with Crippen LogP contribution in [0.1, 0.15) is 69.9 Å². The Morgan fingerprint density at radius 1 is 1.00 bits per heavy atom. The van der Waals surface area contributed by atoms with Gasteiger partial charge in [-0.25, -0.2) is 0 Å². The van der Waals surface area contributed by atoms with Crippen LogP contribution >= 0.6 is 11.6 Å². The van der Waals surface area contributed by atoms with E-state index in [4.69, 9.17) is 31.4 Å². The average molecular weight is 577 g/mol. The molecule has 4 fully saturated rings. The van der Waals surface area contributed by atoms with E-state index in [2.05, 4.69) is 13.8 Å². The van der Waals surface area contributed by atoms with Crippen molar-refractivity contribution in [2.75, 3.05) is 18.2 Å². The first-order valence-electron chi connectivity index (χ1n) is 12.3. The van der Waals surface area contributed by atoms with Gasteiger partial charge in [0.25, 0.3) is 20.2 Å². The summed E-state index contributed by atoms with van der Waals surface area (Å²) in [6.07, 6.45) is 10.1. The largest absolute Gasteiger partial charge is 0.398 e. The number of hydrogen-bond donors (Lipinski definition) is 3. The third kappa shape index (κ3) is 8.48. The second-order valence-corrected chi connectivity index (χ2v) is 15.2. The van der Waals surface area contributed by atoms with Gasteiger partial charge in [-0.3, -0.25) is 18.9 Å². The molecule has 1 aliphatic heterocycles. The molecule has 0 aromatic heterocycles. The Balaban J connectivity index is 0.000000327. The molecule has 5 aliphatic rings. The van der Waals surface area contributed by atoms with Gasteiger partial charge in [0.15, 0.2) is 0 Å². The van der Waals surface area contributed by atoms with E-state index >= 15 is 0 Å². The van der Waals surface area contributed by atoms with Crippen molar-refractivity contribution in [3.63, 3.8) is 0 Å². The standard InChI is InChI=1S/C23H29ClN2O.2CH4O3S/c1-22(2)12-16-6-18(24)19(25)7-17(16)20(26-22)8-21(27)23-9-13-3-14(10-23)5-15(4-13)11-23;2*1-5(2,3)4/h6-7,13-15H,3-5,8-12,25H2,1-2H3;2*1H3,(H,2,3,4). The van der Waals surface area contributed by atoms with Crippen molar-refractivity contribution in [3.8, 4) is 0 Å². The lowest BCUT2D eigenvalue weighted by Crippen LogP contribution is -2.50. The molecule has 12 heteroatoms. The second kappa shape index (κ2) is 10.6. The molecule has 0 radical (unpaired) electrons. The highest BCUT2D eigenvalue weighted by atomic mass is 35.5. The molecule has 0 unspecified atom stereocenters.